The van der Waals surface area contributed by atoms with Gasteiger partial charge in [-0.3, -0.25) is 0 Å². The van der Waals surface area contributed by atoms with E-state index < -0.39 is 0 Å². The van der Waals surface area contributed by atoms with Crippen LogP contribution in [0.1, 0.15) is 13.8 Å². The number of methoxy groups -OCH3 is 2. The van der Waals surface area contributed by atoms with Gasteiger partial charge >= 0.3 is 12.0 Å². The van der Waals surface area contributed by atoms with Crippen LogP contribution in [0.25, 0.3) is 17.1 Å². The zero-order chi connectivity index (χ0) is 25.5. The van der Waals surface area contributed by atoms with Crippen molar-refractivity contribution in [3.05, 3.63) is 72.8 Å². The number of hydrogen-bond donors (Lipinski definition) is 2. The van der Waals surface area contributed by atoms with Crippen LogP contribution >= 0.6 is 0 Å². The van der Waals surface area contributed by atoms with Gasteiger partial charge in [0, 0.05) is 23.0 Å². The zero-order valence-electron chi connectivity index (χ0n) is 20.7. The summed E-state index contributed by atoms with van der Waals surface area (Å²) < 4.78 is 18.1. The molecule has 2 amide bonds. The smallest absolute Gasteiger partial charge is 0.336 e. The van der Waals surface area contributed by atoms with Gasteiger partial charge in [-0.2, -0.15) is 4.98 Å². The van der Waals surface area contributed by atoms with E-state index >= 15 is 0 Å². The number of aromatic nitrogens is 3. The molecular formula is C27H29N5O4. The van der Waals surface area contributed by atoms with Gasteiger partial charge in [0.15, 0.2) is 5.82 Å². The Labute approximate surface area is 210 Å². The van der Waals surface area contributed by atoms with Gasteiger partial charge in [0.1, 0.15) is 11.5 Å². The Hall–Kier alpha value is -4.53. The number of rotatable bonds is 9. The fourth-order valence-electron chi connectivity index (χ4n) is 3.43. The third-order valence-corrected chi connectivity index (χ3v) is 5.14. The van der Waals surface area contributed by atoms with E-state index in [2.05, 4.69) is 34.6 Å². The Morgan fingerprint density at radius 2 is 1.53 bits per heavy atom. The number of nitrogens with one attached hydrogen (secondary N) is 2. The molecule has 0 radical (unpaired) electrons. The van der Waals surface area contributed by atoms with Crippen molar-refractivity contribution < 1.29 is 19.0 Å². The van der Waals surface area contributed by atoms with E-state index in [1.807, 2.05) is 48.5 Å². The quantitative estimate of drug-likeness (QED) is 0.317. The molecule has 3 aromatic carbocycles. The van der Waals surface area contributed by atoms with E-state index in [0.29, 0.717) is 46.9 Å². The van der Waals surface area contributed by atoms with Crippen LogP contribution in [0.2, 0.25) is 0 Å². The normalized spacial score (nSPS) is 10.7. The van der Waals surface area contributed by atoms with Gasteiger partial charge in [-0.15, -0.1) is 5.10 Å². The third kappa shape index (κ3) is 6.12. The van der Waals surface area contributed by atoms with Crippen LogP contribution in [0.4, 0.5) is 16.2 Å². The van der Waals surface area contributed by atoms with E-state index in [1.165, 1.54) is 0 Å². The van der Waals surface area contributed by atoms with Gasteiger partial charge in [0.25, 0.3) is 0 Å². The highest BCUT2D eigenvalue weighted by atomic mass is 16.5. The molecule has 0 aliphatic carbocycles. The second-order valence-corrected chi connectivity index (χ2v) is 8.43. The number of carbonyl (C=O) groups excluding carboxylic acids is 1. The molecule has 36 heavy (non-hydrogen) atoms. The molecule has 0 spiro atoms. The lowest BCUT2D eigenvalue weighted by atomic mass is 10.2. The average Bonchev–Trinajstić information content (AvgIpc) is 3.32. The first-order valence-electron chi connectivity index (χ1n) is 11.5. The summed E-state index contributed by atoms with van der Waals surface area (Å²) in [5.41, 5.74) is 2.73. The SMILES string of the molecule is COc1cccc(NC(=O)Nc2cccc(-n3nc(OCC(C)C)nc3-c3cccc(OC)c3)c2)c1. The van der Waals surface area contributed by atoms with E-state index in [9.17, 15) is 4.79 Å². The van der Waals surface area contributed by atoms with Crippen LogP contribution < -0.4 is 24.8 Å². The standard InChI is InChI=1S/C27H29N5O4/c1-18(2)17-36-27-30-25(19-8-5-12-23(14-19)34-3)32(31-27)22-11-6-9-20(15-22)28-26(33)29-21-10-7-13-24(16-21)35-4/h5-16,18H,17H2,1-4H3,(H2,28,29,33). The van der Waals surface area contributed by atoms with Crippen molar-refractivity contribution in [1.29, 1.82) is 0 Å². The summed E-state index contributed by atoms with van der Waals surface area (Å²) in [6.45, 7) is 4.62. The first-order valence-corrected chi connectivity index (χ1v) is 11.5. The number of hydrogen-bond acceptors (Lipinski definition) is 6. The van der Waals surface area contributed by atoms with Crippen molar-refractivity contribution in [2.45, 2.75) is 13.8 Å². The first kappa shape index (κ1) is 24.6. The Kier molecular flexibility index (Phi) is 7.69. The molecule has 186 valence electrons. The van der Waals surface area contributed by atoms with Crippen molar-refractivity contribution in [3.8, 4) is 34.6 Å². The Bertz CT molecular complexity index is 1340. The molecule has 0 unspecified atom stereocenters. The lowest BCUT2D eigenvalue weighted by Gasteiger charge is -2.11. The van der Waals surface area contributed by atoms with Crippen LogP contribution in [0.3, 0.4) is 0 Å². The van der Waals surface area contributed by atoms with Crippen molar-refractivity contribution in [2.24, 2.45) is 5.92 Å². The first-order chi connectivity index (χ1) is 17.4. The molecule has 0 atom stereocenters. The zero-order valence-corrected chi connectivity index (χ0v) is 20.7. The third-order valence-electron chi connectivity index (χ3n) is 5.14. The molecule has 0 saturated carbocycles. The number of amides is 2. The molecule has 0 aliphatic heterocycles. The molecule has 0 bridgehead atoms. The van der Waals surface area contributed by atoms with Crippen molar-refractivity contribution in [1.82, 2.24) is 14.8 Å². The largest absolute Gasteiger partial charge is 0.497 e. The highest BCUT2D eigenvalue weighted by Gasteiger charge is 2.16. The summed E-state index contributed by atoms with van der Waals surface area (Å²) >= 11 is 0. The van der Waals surface area contributed by atoms with Crippen LogP contribution in [0.15, 0.2) is 72.8 Å². The van der Waals surface area contributed by atoms with Crippen LogP contribution in [0, 0.1) is 5.92 Å². The number of nitrogens with zero attached hydrogens (tertiary/aromatic N) is 3. The minimum absolute atomic E-state index is 0.274. The maximum Gasteiger partial charge on any atom is 0.336 e. The molecule has 2 N–H and O–H groups in total. The Morgan fingerprint density at radius 1 is 0.889 bits per heavy atom. The number of anilines is 2. The fraction of sp³-hybridized carbons (Fsp3) is 0.222. The molecule has 0 fully saturated rings. The monoisotopic (exact) mass is 487 g/mol. The number of ether oxygens (including phenoxy) is 3. The second kappa shape index (κ2) is 11.3. The lowest BCUT2D eigenvalue weighted by molar-refractivity contribution is 0.251. The van der Waals surface area contributed by atoms with Crippen LogP contribution in [-0.2, 0) is 0 Å². The minimum atomic E-state index is -0.382. The highest BCUT2D eigenvalue weighted by molar-refractivity contribution is 6.00. The van der Waals surface area contributed by atoms with Crippen molar-refractivity contribution in [2.75, 3.05) is 31.5 Å². The number of urea groups is 1. The van der Waals surface area contributed by atoms with Gasteiger partial charge < -0.3 is 24.8 Å². The van der Waals surface area contributed by atoms with Crippen LogP contribution in [-0.4, -0.2) is 41.6 Å². The maximum absolute atomic E-state index is 12.6. The van der Waals surface area contributed by atoms with Gasteiger partial charge in [-0.05, 0) is 48.4 Å². The molecule has 0 saturated heterocycles. The van der Waals surface area contributed by atoms with Crippen molar-refractivity contribution in [3.63, 3.8) is 0 Å². The van der Waals surface area contributed by atoms with Gasteiger partial charge in [0.2, 0.25) is 0 Å². The van der Waals surface area contributed by atoms with E-state index in [4.69, 9.17) is 14.2 Å². The predicted octanol–water partition coefficient (Wildman–Crippen LogP) is 5.63. The van der Waals surface area contributed by atoms with Gasteiger partial charge in [0.05, 0.1) is 26.5 Å². The van der Waals surface area contributed by atoms with Gasteiger partial charge in [-0.25, -0.2) is 9.48 Å². The summed E-state index contributed by atoms with van der Waals surface area (Å²) in [6.07, 6.45) is 0. The van der Waals surface area contributed by atoms with Crippen LogP contribution in [0.5, 0.6) is 17.5 Å². The van der Waals surface area contributed by atoms with Crippen molar-refractivity contribution >= 4 is 17.4 Å². The molecule has 4 rings (SSSR count). The fourth-order valence-corrected chi connectivity index (χ4v) is 3.43. The summed E-state index contributed by atoms with van der Waals surface area (Å²) in [4.78, 5) is 17.2. The second-order valence-electron chi connectivity index (χ2n) is 8.43. The molecule has 9 nitrogen and oxygen atoms in total. The molecule has 1 aromatic heterocycles. The molecule has 4 aromatic rings. The summed E-state index contributed by atoms with van der Waals surface area (Å²) in [5, 5.41) is 10.3. The van der Waals surface area contributed by atoms with E-state index in [0.717, 1.165) is 5.56 Å². The number of carbonyl (C=O) groups is 1. The topological polar surface area (TPSA) is 99.5 Å². The molecular weight excluding hydrogens is 458 g/mol. The lowest BCUT2D eigenvalue weighted by Crippen LogP contribution is -2.19. The minimum Gasteiger partial charge on any atom is -0.497 e. The highest BCUT2D eigenvalue weighted by Crippen LogP contribution is 2.28. The molecule has 1 heterocycles. The predicted molar refractivity (Wildman–Crippen MR) is 139 cm³/mol. The average molecular weight is 488 g/mol. The van der Waals surface area contributed by atoms with E-state index in [-0.39, 0.29) is 12.0 Å². The summed E-state index contributed by atoms with van der Waals surface area (Å²) in [6, 6.07) is 21.9. The summed E-state index contributed by atoms with van der Waals surface area (Å²) in [5.74, 6) is 2.27. The molecule has 9 heteroatoms. The number of benzene rings is 3. The Balaban J connectivity index is 1.61. The molecule has 0 aliphatic rings. The summed E-state index contributed by atoms with van der Waals surface area (Å²) in [7, 11) is 3.20. The van der Waals surface area contributed by atoms with Gasteiger partial charge in [-0.1, -0.05) is 38.1 Å². The Morgan fingerprint density at radius 3 is 2.22 bits per heavy atom. The van der Waals surface area contributed by atoms with E-state index in [1.54, 1.807) is 43.2 Å². The maximum atomic E-state index is 12.6.